The van der Waals surface area contributed by atoms with Crippen LogP contribution in [0, 0.1) is 19.7 Å². The molecular formula is C28H33F2N3O2S. The fourth-order valence-electron chi connectivity index (χ4n) is 5.53. The van der Waals surface area contributed by atoms with Crippen LogP contribution in [0.15, 0.2) is 34.7 Å². The van der Waals surface area contributed by atoms with Gasteiger partial charge < -0.3 is 9.64 Å². The third-order valence-corrected chi connectivity index (χ3v) is 8.79. The molecule has 0 aliphatic carbocycles. The number of halogens is 2. The lowest BCUT2D eigenvalue weighted by Gasteiger charge is -2.47. The molecule has 5 rings (SSSR count). The Balaban J connectivity index is 1.27. The van der Waals surface area contributed by atoms with Crippen LogP contribution in [0.25, 0.3) is 0 Å². The van der Waals surface area contributed by atoms with Gasteiger partial charge in [-0.1, -0.05) is 50.5 Å². The number of hydrogen-bond donors (Lipinski definition) is 1. The highest BCUT2D eigenvalue weighted by Crippen LogP contribution is 2.47. The van der Waals surface area contributed by atoms with Crippen LogP contribution < -0.4 is 5.54 Å². The van der Waals surface area contributed by atoms with Gasteiger partial charge in [0.1, 0.15) is 16.3 Å². The van der Waals surface area contributed by atoms with Crippen molar-refractivity contribution in [3.05, 3.63) is 69.5 Å². The van der Waals surface area contributed by atoms with E-state index in [9.17, 15) is 13.7 Å². The molecule has 1 fully saturated rings. The van der Waals surface area contributed by atoms with Crippen molar-refractivity contribution in [3.8, 4) is 0 Å². The highest BCUT2D eigenvalue weighted by Gasteiger charge is 2.51. The molecule has 2 aromatic rings. The van der Waals surface area contributed by atoms with Gasteiger partial charge in [0, 0.05) is 24.8 Å². The second kappa shape index (κ2) is 9.88. The molecule has 1 amide bonds. The molecule has 1 unspecified atom stereocenters. The summed E-state index contributed by atoms with van der Waals surface area (Å²) in [6.07, 6.45) is 5.33. The number of likely N-dealkylation sites (tertiary alicyclic amines) is 1. The summed E-state index contributed by atoms with van der Waals surface area (Å²) in [5.74, 6) is -0.0544. The van der Waals surface area contributed by atoms with Crippen molar-refractivity contribution in [3.63, 3.8) is 0 Å². The van der Waals surface area contributed by atoms with E-state index < -0.39 is 10.5 Å². The van der Waals surface area contributed by atoms with Gasteiger partial charge in [-0.2, -0.15) is 0 Å². The minimum Gasteiger partial charge on any atom is -0.362 e. The summed E-state index contributed by atoms with van der Waals surface area (Å²) in [7, 11) is 0. The lowest BCUT2D eigenvalue weighted by molar-refractivity contribution is -0.168. The smallest absolute Gasteiger partial charge is 0.222 e. The molecule has 0 saturated carbocycles. The first kappa shape index (κ1) is 25.4. The first-order valence-corrected chi connectivity index (χ1v) is 13.5. The fraction of sp³-hybridized carbons (Fsp3) is 0.500. The van der Waals surface area contributed by atoms with E-state index in [1.165, 1.54) is 6.42 Å². The average molecular weight is 514 g/mol. The number of rotatable bonds is 8. The van der Waals surface area contributed by atoms with Crippen molar-refractivity contribution in [2.45, 2.75) is 76.4 Å². The zero-order valence-electron chi connectivity index (χ0n) is 21.1. The van der Waals surface area contributed by atoms with E-state index in [2.05, 4.69) is 23.5 Å². The highest BCUT2D eigenvalue weighted by atomic mass is 32.2. The highest BCUT2D eigenvalue weighted by molar-refractivity contribution is 7.99. The standard InChI is InChI=1S/C28H33F2N3O2S/c1-4-5-6-7-8-25(34)33-16-27(17-33)23-10-9-20(13-21(23)15-35-27)24-14-28(32-30,36-31-24)22-11-18(2)26(29)19(3)12-22/h9-13,32H,4-8,14-17H2,1-3H3. The third-order valence-electron chi connectivity index (χ3n) is 7.71. The minimum atomic E-state index is -1.08. The Kier molecular flexibility index (Phi) is 6.96. The van der Waals surface area contributed by atoms with Crippen molar-refractivity contribution in [1.29, 1.82) is 0 Å². The largest absolute Gasteiger partial charge is 0.362 e. The molecule has 1 spiro atoms. The Bertz CT molecular complexity index is 1190. The summed E-state index contributed by atoms with van der Waals surface area (Å²) >= 11 is 1.13. The van der Waals surface area contributed by atoms with Gasteiger partial charge in [-0.15, -0.1) is 10.0 Å². The van der Waals surface area contributed by atoms with E-state index >= 15 is 0 Å². The quantitative estimate of drug-likeness (QED) is 0.261. The molecule has 1 saturated heterocycles. The van der Waals surface area contributed by atoms with Gasteiger partial charge >= 0.3 is 0 Å². The summed E-state index contributed by atoms with van der Waals surface area (Å²) in [6, 6.07) is 9.54. The molecule has 3 aliphatic heterocycles. The number of fused-ring (bicyclic) bond motifs is 2. The van der Waals surface area contributed by atoms with E-state index in [0.717, 1.165) is 53.6 Å². The van der Waals surface area contributed by atoms with Crippen LogP contribution in [-0.4, -0.2) is 29.6 Å². The van der Waals surface area contributed by atoms with Crippen LogP contribution in [0.3, 0.4) is 0 Å². The molecule has 192 valence electrons. The Labute approximate surface area is 215 Å². The van der Waals surface area contributed by atoms with Gasteiger partial charge in [0.2, 0.25) is 5.91 Å². The number of unbranched alkanes of at least 4 members (excludes halogenated alkanes) is 3. The van der Waals surface area contributed by atoms with E-state index in [-0.39, 0.29) is 11.7 Å². The number of benzene rings is 2. The van der Waals surface area contributed by atoms with Gasteiger partial charge in [0.15, 0.2) is 0 Å². The summed E-state index contributed by atoms with van der Waals surface area (Å²) in [6.45, 7) is 7.24. The van der Waals surface area contributed by atoms with Crippen LogP contribution in [0.4, 0.5) is 8.87 Å². The van der Waals surface area contributed by atoms with Gasteiger partial charge in [-0.25, -0.2) is 8.79 Å². The van der Waals surface area contributed by atoms with Crippen molar-refractivity contribution in [1.82, 2.24) is 10.4 Å². The normalized spacial score (nSPS) is 22.0. The van der Waals surface area contributed by atoms with Gasteiger partial charge in [0.05, 0.1) is 25.4 Å². The first-order chi connectivity index (χ1) is 17.3. The molecule has 3 aliphatic rings. The van der Waals surface area contributed by atoms with E-state index in [0.29, 0.717) is 49.2 Å². The number of nitrogens with zero attached hydrogens (tertiary/aromatic N) is 2. The summed E-state index contributed by atoms with van der Waals surface area (Å²) in [4.78, 5) is 13.4. The molecule has 0 radical (unpaired) electrons. The lowest BCUT2D eigenvalue weighted by Crippen LogP contribution is -2.61. The van der Waals surface area contributed by atoms with Crippen molar-refractivity contribution >= 4 is 23.6 Å². The molecule has 3 heterocycles. The van der Waals surface area contributed by atoms with Crippen molar-refractivity contribution in [2.24, 2.45) is 4.40 Å². The van der Waals surface area contributed by atoms with Crippen LogP contribution in [0.2, 0.25) is 0 Å². The molecule has 1 atom stereocenters. The maximum Gasteiger partial charge on any atom is 0.222 e. The second-order valence-corrected chi connectivity index (χ2v) is 11.4. The molecule has 0 bridgehead atoms. The Morgan fingerprint density at radius 1 is 1.17 bits per heavy atom. The number of nitrogens with one attached hydrogen (secondary N) is 1. The maximum atomic E-state index is 14.2. The van der Waals surface area contributed by atoms with Crippen molar-refractivity contribution < 1.29 is 18.4 Å². The first-order valence-electron chi connectivity index (χ1n) is 12.8. The van der Waals surface area contributed by atoms with Crippen LogP contribution >= 0.6 is 11.9 Å². The molecule has 0 aromatic heterocycles. The number of aryl methyl sites for hydroxylation is 2. The number of carbonyl (C=O) groups is 1. The second-order valence-electron chi connectivity index (χ2n) is 10.4. The third kappa shape index (κ3) is 4.37. The predicted octanol–water partition coefficient (Wildman–Crippen LogP) is 6.15. The van der Waals surface area contributed by atoms with E-state index in [4.69, 9.17) is 4.74 Å². The zero-order valence-corrected chi connectivity index (χ0v) is 21.9. The van der Waals surface area contributed by atoms with Gasteiger partial charge in [-0.05, 0) is 59.7 Å². The minimum absolute atomic E-state index is 0.212. The van der Waals surface area contributed by atoms with Crippen LogP contribution in [0.5, 0.6) is 0 Å². The van der Waals surface area contributed by atoms with Gasteiger partial charge in [-0.3, -0.25) is 4.79 Å². The lowest BCUT2D eigenvalue weighted by atomic mass is 9.83. The molecule has 1 N–H and O–H groups in total. The van der Waals surface area contributed by atoms with E-state index in [1.54, 1.807) is 26.0 Å². The molecule has 2 aromatic carbocycles. The summed E-state index contributed by atoms with van der Waals surface area (Å²) in [5, 5.41) is 0. The number of amides is 1. The Morgan fingerprint density at radius 3 is 2.61 bits per heavy atom. The molecule has 36 heavy (non-hydrogen) atoms. The Morgan fingerprint density at radius 2 is 1.92 bits per heavy atom. The maximum absolute atomic E-state index is 14.2. The number of ether oxygens (including phenoxy) is 1. The molecular weight excluding hydrogens is 480 g/mol. The summed E-state index contributed by atoms with van der Waals surface area (Å²) in [5.41, 5.74) is 7.12. The number of carbonyl (C=O) groups excluding carboxylic acids is 1. The molecule has 8 heteroatoms. The average Bonchev–Trinajstić information content (AvgIpc) is 3.46. The fourth-order valence-corrected chi connectivity index (χ4v) is 6.42. The number of hydrogen-bond acceptors (Lipinski definition) is 5. The monoisotopic (exact) mass is 513 g/mol. The SMILES string of the molecule is CCCCCCC(=O)N1CC2(C1)OCc1cc(C3=NSC(NF)(c4cc(C)c(F)c(C)c4)C3)ccc12. The Hall–Kier alpha value is -2.29. The van der Waals surface area contributed by atoms with Crippen molar-refractivity contribution in [2.75, 3.05) is 13.1 Å². The predicted molar refractivity (Wildman–Crippen MR) is 139 cm³/mol. The topological polar surface area (TPSA) is 53.9 Å². The van der Waals surface area contributed by atoms with E-state index in [1.807, 2.05) is 16.5 Å². The van der Waals surface area contributed by atoms with Crippen LogP contribution in [-0.2, 0) is 26.6 Å². The van der Waals surface area contributed by atoms with Crippen LogP contribution in [0.1, 0.15) is 78.8 Å². The van der Waals surface area contributed by atoms with Gasteiger partial charge in [0.25, 0.3) is 0 Å². The summed E-state index contributed by atoms with van der Waals surface area (Å²) < 4.78 is 39.2. The zero-order chi connectivity index (χ0) is 25.5. The molecule has 5 nitrogen and oxygen atoms in total.